The van der Waals surface area contributed by atoms with E-state index < -0.39 is 142 Å². The Labute approximate surface area is 532 Å². The second-order valence-corrected chi connectivity index (χ2v) is 27.4. The first-order chi connectivity index (χ1) is 43.8. The summed E-state index contributed by atoms with van der Waals surface area (Å²) in [6, 6.07) is 3.39. The lowest BCUT2D eigenvalue weighted by Gasteiger charge is -2.28. The smallest absolute Gasteiger partial charge is 0.409 e. The minimum absolute atomic E-state index is 0.00144. The van der Waals surface area contributed by atoms with E-state index in [1.54, 1.807) is 38.1 Å². The van der Waals surface area contributed by atoms with E-state index in [9.17, 15) is 47.5 Å². The summed E-state index contributed by atoms with van der Waals surface area (Å²) < 4.78 is 102. The van der Waals surface area contributed by atoms with Gasteiger partial charge in [0.25, 0.3) is 11.8 Å². The molecule has 8 heterocycles. The number of primary amides is 1. The molecule has 4 aliphatic heterocycles. The molecule has 9 rings (SSSR count). The highest BCUT2D eigenvalue weighted by Crippen LogP contribution is 2.61. The highest BCUT2D eigenvalue weighted by molar-refractivity contribution is 8.44. The largest absolute Gasteiger partial charge is 0.445 e. The molecule has 12 atom stereocenters. The number of ether oxygens (including phenoxy) is 3. The summed E-state index contributed by atoms with van der Waals surface area (Å²) in [6.45, 7) is -7.34. The topological polar surface area (TPSA) is 441 Å². The molecule has 0 radical (unpaired) electrons. The number of fused-ring (bicyclic) bond motifs is 4. The molecular formula is C52H65F2N17O17P2S2. The van der Waals surface area contributed by atoms with E-state index in [1.807, 2.05) is 0 Å². The number of carbonyl (C=O) groups is 8. The summed E-state index contributed by atoms with van der Waals surface area (Å²) in [5.74, 6) is -4.01. The van der Waals surface area contributed by atoms with Crippen LogP contribution in [0.5, 0.6) is 0 Å². The van der Waals surface area contributed by atoms with Crippen molar-refractivity contribution in [1.82, 2.24) is 64.8 Å². The van der Waals surface area contributed by atoms with Crippen molar-refractivity contribution < 1.29 is 88.6 Å². The number of amides is 9. The van der Waals surface area contributed by atoms with Crippen LogP contribution in [0.2, 0.25) is 0 Å². The molecule has 5 aromatic rings. The number of nitrogen functional groups attached to an aromatic ring is 1. The summed E-state index contributed by atoms with van der Waals surface area (Å²) in [6.07, 6.45) is -7.24. The number of halogens is 2. The fraction of sp³-hybridized carbons (Fsp3) is 0.500. The predicted molar refractivity (Wildman–Crippen MR) is 324 cm³/mol. The van der Waals surface area contributed by atoms with Gasteiger partial charge in [-0.15, -0.1) is 0 Å². The number of urea groups is 1. The summed E-state index contributed by atoms with van der Waals surface area (Å²) in [5.41, 5.74) is 12.1. The Morgan fingerprint density at radius 2 is 1.35 bits per heavy atom. The van der Waals surface area contributed by atoms with Crippen LogP contribution in [0.15, 0.2) is 61.7 Å². The molecule has 9 N–H and O–H groups in total. The molecule has 0 aliphatic carbocycles. The van der Waals surface area contributed by atoms with Gasteiger partial charge in [-0.1, -0.05) is 50.5 Å². The van der Waals surface area contributed by atoms with Crippen LogP contribution in [-0.2, 0) is 76.8 Å². The van der Waals surface area contributed by atoms with Gasteiger partial charge in [-0.3, -0.25) is 60.9 Å². The number of anilines is 3. The van der Waals surface area contributed by atoms with E-state index in [0.29, 0.717) is 24.1 Å². The number of rotatable bonds is 23. The van der Waals surface area contributed by atoms with E-state index in [1.165, 1.54) is 22.8 Å². The first-order valence-corrected chi connectivity index (χ1v) is 33.9. The van der Waals surface area contributed by atoms with Gasteiger partial charge in [-0.2, -0.15) is 0 Å². The van der Waals surface area contributed by atoms with Gasteiger partial charge in [0.05, 0.1) is 25.9 Å². The number of nitrogens with one attached hydrogen (secondary N) is 5. The molecular weight excluding hydrogens is 1300 g/mol. The molecule has 4 aromatic heterocycles. The van der Waals surface area contributed by atoms with Gasteiger partial charge in [0, 0.05) is 57.4 Å². The normalized spacial score (nSPS) is 25.5. The van der Waals surface area contributed by atoms with Crippen molar-refractivity contribution >= 4 is 125 Å². The van der Waals surface area contributed by atoms with Crippen molar-refractivity contribution in [3.8, 4) is 0 Å². The average Bonchev–Trinajstić information content (AvgIpc) is 1.63. The Kier molecular flexibility index (Phi) is 22.3. The third kappa shape index (κ3) is 16.9. The van der Waals surface area contributed by atoms with Gasteiger partial charge in [0.15, 0.2) is 53.2 Å². The molecule has 0 spiro atoms. The molecule has 0 bridgehead atoms. The van der Waals surface area contributed by atoms with E-state index in [4.69, 9.17) is 43.8 Å². The Morgan fingerprint density at radius 3 is 1.95 bits per heavy atom. The number of hydrogen-bond donors (Lipinski definition) is 9. The Bertz CT molecular complexity index is 3710. The van der Waals surface area contributed by atoms with Crippen LogP contribution >= 0.6 is 38.1 Å². The average molecular weight is 1360 g/mol. The molecule has 40 heteroatoms. The zero-order chi connectivity index (χ0) is 66.2. The van der Waals surface area contributed by atoms with Crippen LogP contribution in [-0.4, -0.2) is 185 Å². The van der Waals surface area contributed by atoms with E-state index in [-0.39, 0.29) is 85.9 Å². The number of imidazole rings is 2. The lowest BCUT2D eigenvalue weighted by atomic mass is 10.0. The Morgan fingerprint density at radius 1 is 0.761 bits per heavy atom. The molecule has 92 heavy (non-hydrogen) atoms. The maximum atomic E-state index is 16.7. The molecule has 9 amide bonds. The number of alkyl halides is 2. The number of imide groups is 1. The molecule has 0 unspecified atom stereocenters. The first kappa shape index (κ1) is 68.6. The van der Waals surface area contributed by atoms with Crippen molar-refractivity contribution in [2.75, 3.05) is 56.3 Å². The molecule has 34 nitrogen and oxygen atoms in total. The zero-order valence-electron chi connectivity index (χ0n) is 49.2. The van der Waals surface area contributed by atoms with E-state index >= 15 is 8.78 Å². The number of hydrogen-bond acceptors (Lipinski definition) is 24. The Hall–Kier alpha value is -7.80. The van der Waals surface area contributed by atoms with Crippen molar-refractivity contribution in [3.05, 3.63) is 67.3 Å². The van der Waals surface area contributed by atoms with Gasteiger partial charge in [-0.05, 0) is 49.3 Å². The lowest BCUT2D eigenvalue weighted by Crippen LogP contribution is -2.54. The van der Waals surface area contributed by atoms with Gasteiger partial charge in [0.2, 0.25) is 23.6 Å². The van der Waals surface area contributed by atoms with Crippen molar-refractivity contribution in [3.63, 3.8) is 0 Å². The number of thiol groups is 2. The zero-order valence-corrected chi connectivity index (χ0v) is 52.8. The summed E-state index contributed by atoms with van der Waals surface area (Å²) in [7, 11) is 1.47. The minimum Gasteiger partial charge on any atom is -0.445 e. The maximum Gasteiger partial charge on any atom is 0.409 e. The van der Waals surface area contributed by atoms with Crippen LogP contribution in [0.25, 0.3) is 22.3 Å². The van der Waals surface area contributed by atoms with E-state index in [0.717, 1.165) is 40.6 Å². The standard InChI is InChI=1S/C52H65F2N17O17P2S2/c1-26(2)38(66-33(73)15-18-69-34(74)13-14-35(69)75)48(77)65-29(7-4-5-16-57-51(56)78)47(76)64-28-11-9-27(10-12-28)19-82-52(79)68(3)17-6-8-32(72)67-44-40-46(61-23-59-44)71(25-63-40)50-37(54)42-31(86-50)21-84-89(80,91)87-41-30(20-83-90(81,92)88-42)85-49(36(41)53)70-24-62-39-43(55)58-22-60-45(39)70/h9-14,22-26,29-31,36-38,41-42,49-50H,4-8,15-21H2,1-3H3,(H,64,76)(H,65,77)(H,66,73)(H,80,91)(H,81,92)(H2,55,58,60)(H3,56,57,78)(H,59,61,67,72)/t29-,30+,31+,36+,37+,38-,41+,42+,49+,50+,89+,90+/m0/s1. The van der Waals surface area contributed by atoms with Crippen LogP contribution in [0.4, 0.5) is 35.7 Å². The van der Waals surface area contributed by atoms with Crippen LogP contribution in [0.1, 0.15) is 70.4 Å². The van der Waals surface area contributed by atoms with Gasteiger partial charge in [0.1, 0.15) is 61.3 Å². The van der Waals surface area contributed by atoms with E-state index in [2.05, 4.69) is 81.0 Å². The van der Waals surface area contributed by atoms with Crippen LogP contribution in [0, 0.1) is 5.92 Å². The number of nitrogens with two attached hydrogens (primary N) is 2. The number of nitrogens with zero attached hydrogens (tertiary/aromatic N) is 10. The first-order valence-electron chi connectivity index (χ1n) is 28.5. The second-order valence-electron chi connectivity index (χ2n) is 21.7. The third-order valence-electron chi connectivity index (χ3n) is 14.8. The van der Waals surface area contributed by atoms with Gasteiger partial charge < -0.3 is 57.2 Å². The van der Waals surface area contributed by atoms with Crippen LogP contribution < -0.4 is 38.1 Å². The number of carbonyl (C=O) groups excluding carboxylic acids is 8. The number of benzene rings is 1. The fourth-order valence-corrected chi connectivity index (χ4v) is 13.0. The molecule has 1 aromatic carbocycles. The van der Waals surface area contributed by atoms with Crippen molar-refractivity contribution in [1.29, 1.82) is 0 Å². The highest BCUT2D eigenvalue weighted by Gasteiger charge is 2.54. The maximum absolute atomic E-state index is 16.7. The quantitative estimate of drug-likeness (QED) is 0.0196. The summed E-state index contributed by atoms with van der Waals surface area (Å²) >= 11 is 8.11. The molecule has 3 fully saturated rings. The second kappa shape index (κ2) is 29.9. The summed E-state index contributed by atoms with van der Waals surface area (Å²) in [5, 5.41) is 13.2. The Balaban J connectivity index is 0.738. The SMILES string of the molecule is CC(C)[C@H](NC(=O)CCN1C(=O)C=CC1=O)C(=O)N[C@@H](CCCCNC(N)=O)C(=O)Nc1ccc(COC(=O)N(C)CCCC(=O)Nc2ncnc3c2ncn3[C@@H]2O[C@@H]3CO[P@@](=O)(S)O[C@H]4[C@@H](F)[C@H](n5cnc6c(N)ncnc65)O[C@@H]4CO[P@@](=O)(S)O[C@H]3[C@H]2F)cc1. The molecule has 3 saturated heterocycles. The summed E-state index contributed by atoms with van der Waals surface area (Å²) in [4.78, 5) is 128. The van der Waals surface area contributed by atoms with Crippen LogP contribution in [0.3, 0.4) is 0 Å². The van der Waals surface area contributed by atoms with Crippen molar-refractivity contribution in [2.45, 2.75) is 120 Å². The van der Waals surface area contributed by atoms with Crippen molar-refractivity contribution in [2.24, 2.45) is 11.7 Å². The monoisotopic (exact) mass is 1360 g/mol. The number of aromatic nitrogens is 8. The molecule has 0 saturated carbocycles. The molecule has 496 valence electrons. The molecule has 4 aliphatic rings. The fourth-order valence-electron chi connectivity index (χ4n) is 10.0. The number of unbranched alkanes of at least 4 members (excludes halogenated alkanes) is 1. The lowest BCUT2D eigenvalue weighted by molar-refractivity contribution is -0.137. The van der Waals surface area contributed by atoms with Gasteiger partial charge in [-0.25, -0.2) is 57.4 Å². The predicted octanol–water partition coefficient (Wildman–Crippen LogP) is 3.32. The highest BCUT2D eigenvalue weighted by atomic mass is 32.7. The third-order valence-corrected chi connectivity index (χ3v) is 18.0. The minimum atomic E-state index is -4.57. The van der Waals surface area contributed by atoms with Gasteiger partial charge >= 0.3 is 25.7 Å².